The molecule has 0 saturated carbocycles. The maximum atomic E-state index is 12.7. The topological polar surface area (TPSA) is 199 Å². The normalized spacial score (nSPS) is 10.9. The number of amides is 6. The van der Waals surface area contributed by atoms with Crippen LogP contribution in [-0.2, 0) is 28.8 Å². The fourth-order valence-corrected chi connectivity index (χ4v) is 8.55. The van der Waals surface area contributed by atoms with Gasteiger partial charge in [-0.15, -0.1) is 0 Å². The molecule has 0 aliphatic heterocycles. The maximum absolute atomic E-state index is 12.7. The van der Waals surface area contributed by atoms with Crippen LogP contribution in [0.2, 0.25) is 0 Å². The summed E-state index contributed by atoms with van der Waals surface area (Å²) in [5.74, 6) is -0.835. The van der Waals surface area contributed by atoms with E-state index in [0.717, 1.165) is 122 Å². The Hall–Kier alpha value is -9.30. The Balaban J connectivity index is 0.750. The van der Waals surface area contributed by atoms with Crippen molar-refractivity contribution in [2.45, 2.75) is 90.9 Å². The first-order chi connectivity index (χ1) is 39.8. The van der Waals surface area contributed by atoms with E-state index < -0.39 is 0 Å². The van der Waals surface area contributed by atoms with Gasteiger partial charge in [0.2, 0.25) is 35.4 Å². The van der Waals surface area contributed by atoms with E-state index >= 15 is 0 Å². The highest BCUT2D eigenvalue weighted by Gasteiger charge is 2.08. The van der Waals surface area contributed by atoms with E-state index in [1.54, 1.807) is 74.5 Å². The zero-order chi connectivity index (χ0) is 58.3. The summed E-state index contributed by atoms with van der Waals surface area (Å²) in [4.78, 5) is 73.8. The first-order valence-corrected chi connectivity index (χ1v) is 28.3. The van der Waals surface area contributed by atoms with Gasteiger partial charge in [-0.25, -0.2) is 0 Å². The SMILES string of the molecule is C=C(C)C(=O)NCCCNc1ccc(-c2ccc(/C=C/C(=O)Nc3ccc(NC(=O)CCCCCCCCCCC(=O)Nc4ccc(NC(=O)/C=C/c5ccc(-c6ccc(NCCCNC(=O)C(=C)C)cc6)cc5)cc4)cc3)cc2)cc1. The highest BCUT2D eigenvalue weighted by Crippen LogP contribution is 2.25. The van der Waals surface area contributed by atoms with Gasteiger partial charge < -0.3 is 42.5 Å². The van der Waals surface area contributed by atoms with Gasteiger partial charge >= 0.3 is 0 Å². The molecule has 0 aliphatic rings. The molecule has 0 atom stereocenters. The summed E-state index contributed by atoms with van der Waals surface area (Å²) in [5, 5.41) is 24.0. The van der Waals surface area contributed by atoms with E-state index in [9.17, 15) is 28.8 Å². The molecule has 0 spiro atoms. The molecule has 6 aromatic carbocycles. The predicted molar refractivity (Wildman–Crippen MR) is 337 cm³/mol. The van der Waals surface area contributed by atoms with Crippen molar-refractivity contribution in [3.63, 3.8) is 0 Å². The molecule has 0 fully saturated rings. The summed E-state index contributed by atoms with van der Waals surface area (Å²) in [7, 11) is 0. The molecule has 0 aromatic heterocycles. The van der Waals surface area contributed by atoms with Crippen molar-refractivity contribution >= 4 is 81.7 Å². The van der Waals surface area contributed by atoms with Crippen molar-refractivity contribution in [1.29, 1.82) is 0 Å². The van der Waals surface area contributed by atoms with Crippen LogP contribution in [0.1, 0.15) is 102 Å². The molecule has 14 heteroatoms. The van der Waals surface area contributed by atoms with Crippen LogP contribution in [0.25, 0.3) is 34.4 Å². The highest BCUT2D eigenvalue weighted by atomic mass is 16.2. The molecule has 426 valence electrons. The fourth-order valence-electron chi connectivity index (χ4n) is 8.55. The Morgan fingerprint density at radius 3 is 0.939 bits per heavy atom. The summed E-state index contributed by atoms with van der Waals surface area (Å²) >= 11 is 0. The van der Waals surface area contributed by atoms with E-state index in [1.807, 2.05) is 72.8 Å². The molecule has 8 N–H and O–H groups in total. The molecule has 0 heterocycles. The van der Waals surface area contributed by atoms with Crippen LogP contribution in [0.4, 0.5) is 34.1 Å². The maximum Gasteiger partial charge on any atom is 0.248 e. The van der Waals surface area contributed by atoms with Crippen LogP contribution in [-0.4, -0.2) is 61.6 Å². The van der Waals surface area contributed by atoms with Gasteiger partial charge in [-0.05, 0) is 158 Å². The highest BCUT2D eigenvalue weighted by molar-refractivity contribution is 6.03. The van der Waals surface area contributed by atoms with Gasteiger partial charge in [-0.1, -0.05) is 124 Å². The lowest BCUT2D eigenvalue weighted by Crippen LogP contribution is -2.26. The van der Waals surface area contributed by atoms with Crippen LogP contribution in [0.3, 0.4) is 0 Å². The first-order valence-electron chi connectivity index (χ1n) is 28.3. The van der Waals surface area contributed by atoms with Crippen LogP contribution in [0.15, 0.2) is 182 Å². The predicted octanol–water partition coefficient (Wildman–Crippen LogP) is 13.8. The molecular weight excluding hydrogens is 1020 g/mol. The average molecular weight is 1100 g/mol. The van der Waals surface area contributed by atoms with Gasteiger partial charge in [0.1, 0.15) is 0 Å². The number of anilines is 6. The second-order valence-corrected chi connectivity index (χ2v) is 20.3. The minimum Gasteiger partial charge on any atom is -0.385 e. The van der Waals surface area contributed by atoms with Crippen LogP contribution in [0.5, 0.6) is 0 Å². The van der Waals surface area contributed by atoms with Crippen molar-refractivity contribution in [3.05, 3.63) is 193 Å². The number of hydrogen-bond acceptors (Lipinski definition) is 8. The zero-order valence-electron chi connectivity index (χ0n) is 47.3. The lowest BCUT2D eigenvalue weighted by atomic mass is 10.0. The Bertz CT molecular complexity index is 2900. The third kappa shape index (κ3) is 23.2. The van der Waals surface area contributed by atoms with Gasteiger partial charge in [0.05, 0.1) is 0 Å². The van der Waals surface area contributed by atoms with Crippen molar-refractivity contribution in [3.8, 4) is 22.3 Å². The number of nitrogens with one attached hydrogen (secondary N) is 8. The monoisotopic (exact) mass is 1100 g/mol. The Labute approximate surface area is 483 Å². The van der Waals surface area contributed by atoms with Gasteiger partial charge in [0.25, 0.3) is 0 Å². The molecule has 0 bridgehead atoms. The van der Waals surface area contributed by atoms with Crippen LogP contribution >= 0.6 is 0 Å². The number of carbonyl (C=O) groups excluding carboxylic acids is 6. The lowest BCUT2D eigenvalue weighted by Gasteiger charge is -2.09. The third-order valence-electron chi connectivity index (χ3n) is 13.3. The molecule has 0 aliphatic carbocycles. The van der Waals surface area contributed by atoms with Crippen molar-refractivity contribution in [1.82, 2.24) is 10.6 Å². The van der Waals surface area contributed by atoms with Gasteiger partial charge in [-0.3, -0.25) is 28.8 Å². The summed E-state index contributed by atoms with van der Waals surface area (Å²) in [5.41, 5.74) is 11.7. The quantitative estimate of drug-likeness (QED) is 0.0147. The van der Waals surface area contributed by atoms with Crippen molar-refractivity contribution in [2.75, 3.05) is 58.1 Å². The number of rotatable bonds is 33. The molecule has 0 radical (unpaired) electrons. The van der Waals surface area contributed by atoms with E-state index in [0.29, 0.717) is 59.8 Å². The van der Waals surface area contributed by atoms with Gasteiger partial charge in [-0.2, -0.15) is 0 Å². The molecule has 14 nitrogen and oxygen atoms in total. The Morgan fingerprint density at radius 1 is 0.341 bits per heavy atom. The molecule has 0 saturated heterocycles. The smallest absolute Gasteiger partial charge is 0.248 e. The fraction of sp³-hybridized carbons (Fsp3) is 0.265. The minimum absolute atomic E-state index is 0.0381. The summed E-state index contributed by atoms with van der Waals surface area (Å²) in [6.45, 7) is 13.3. The molecule has 6 amide bonds. The summed E-state index contributed by atoms with van der Waals surface area (Å²) in [6.07, 6.45) is 16.9. The van der Waals surface area contributed by atoms with Crippen LogP contribution in [0, 0.1) is 0 Å². The van der Waals surface area contributed by atoms with Gasteiger partial charge in [0.15, 0.2) is 0 Å². The van der Waals surface area contributed by atoms with E-state index in [1.165, 1.54) is 12.2 Å². The van der Waals surface area contributed by atoms with Gasteiger partial charge in [0, 0.05) is 96.4 Å². The summed E-state index contributed by atoms with van der Waals surface area (Å²) < 4.78 is 0. The van der Waals surface area contributed by atoms with Crippen molar-refractivity contribution in [2.24, 2.45) is 0 Å². The second kappa shape index (κ2) is 34.0. The van der Waals surface area contributed by atoms with E-state index in [4.69, 9.17) is 0 Å². The molecular formula is C68H78N8O6. The lowest BCUT2D eigenvalue weighted by molar-refractivity contribution is -0.118. The Morgan fingerprint density at radius 2 is 0.622 bits per heavy atom. The minimum atomic E-state index is -0.258. The number of hydrogen-bond donors (Lipinski definition) is 8. The van der Waals surface area contributed by atoms with Crippen LogP contribution < -0.4 is 42.5 Å². The molecule has 6 aromatic rings. The first kappa shape index (κ1) is 61.9. The number of benzene rings is 6. The average Bonchev–Trinajstić information content (AvgIpc) is 3.54. The molecule has 6 rings (SSSR count). The number of carbonyl (C=O) groups is 6. The second-order valence-electron chi connectivity index (χ2n) is 20.3. The van der Waals surface area contributed by atoms with E-state index in [2.05, 4.69) is 80.0 Å². The summed E-state index contributed by atoms with van der Waals surface area (Å²) in [6, 6.07) is 46.5. The standard InChI is InChI=1S/C68H78N8O6/c1-49(2)67(81)71-47-13-45-69-57-31-27-55(28-32-57)53-23-17-51(18-24-53)21-43-65(79)75-61-39-35-59(36-40-61)73-63(77)15-11-9-7-5-6-8-10-12-16-64(78)74-60-37-41-62(42-38-60)76-66(80)44-22-52-19-25-54(26-20-52)56-29-33-58(34-30-56)70-46-14-48-72-68(82)50(3)4/h17-44,69-70H,1,3,5-16,45-48H2,2,4H3,(H,71,81)(H,72,82)(H,73,77)(H,74,78)(H,75,79)(H,76,80)/b43-21+,44-22+. The number of unbranched alkanes of at least 4 members (excludes halogenated alkanes) is 7. The van der Waals surface area contributed by atoms with E-state index in [-0.39, 0.29) is 35.4 Å². The zero-order valence-corrected chi connectivity index (χ0v) is 47.3. The molecule has 0 unspecified atom stereocenters. The third-order valence-corrected chi connectivity index (χ3v) is 13.3. The largest absolute Gasteiger partial charge is 0.385 e. The Kier molecular flexibility index (Phi) is 25.7. The van der Waals surface area contributed by atoms with Crippen molar-refractivity contribution < 1.29 is 28.8 Å². The molecule has 82 heavy (non-hydrogen) atoms.